The molecular formula is C22H14ClF4N3O4S. The Hall–Kier alpha value is -3.66. The summed E-state index contributed by atoms with van der Waals surface area (Å²) in [5, 5.41) is 15.8. The Bertz CT molecular complexity index is 1380. The van der Waals surface area contributed by atoms with E-state index in [-0.39, 0.29) is 22.7 Å². The highest BCUT2D eigenvalue weighted by Gasteiger charge is 2.35. The van der Waals surface area contributed by atoms with Gasteiger partial charge in [-0.15, -0.1) is 0 Å². The van der Waals surface area contributed by atoms with Crippen molar-refractivity contribution in [2.75, 3.05) is 12.4 Å². The number of carbonyl (C=O) groups is 1. The number of hydrogen-bond acceptors (Lipinski definition) is 5. The van der Waals surface area contributed by atoms with Crippen molar-refractivity contribution in [3.63, 3.8) is 0 Å². The largest absolute Gasteiger partial charge is 0.493 e. The number of nitriles is 1. The van der Waals surface area contributed by atoms with Gasteiger partial charge in [-0.05, 0) is 42.5 Å². The van der Waals surface area contributed by atoms with E-state index in [1.54, 1.807) is 0 Å². The zero-order valence-corrected chi connectivity index (χ0v) is 19.1. The van der Waals surface area contributed by atoms with E-state index in [1.165, 1.54) is 25.3 Å². The Balaban J connectivity index is 2.08. The van der Waals surface area contributed by atoms with Crippen LogP contribution in [0.25, 0.3) is 0 Å². The molecule has 0 fully saturated rings. The molecule has 3 N–H and O–H groups in total. The van der Waals surface area contributed by atoms with Gasteiger partial charge in [0.05, 0.1) is 39.8 Å². The van der Waals surface area contributed by atoms with E-state index in [0.717, 1.165) is 24.3 Å². The first-order chi connectivity index (χ1) is 16.4. The fourth-order valence-electron chi connectivity index (χ4n) is 2.91. The van der Waals surface area contributed by atoms with E-state index in [9.17, 15) is 26.6 Å². The van der Waals surface area contributed by atoms with Crippen LogP contribution in [0.4, 0.5) is 23.2 Å². The zero-order valence-electron chi connectivity index (χ0n) is 17.6. The number of methoxy groups -OCH3 is 1. The Labute approximate surface area is 203 Å². The van der Waals surface area contributed by atoms with Gasteiger partial charge in [-0.3, -0.25) is 4.79 Å². The van der Waals surface area contributed by atoms with Crippen LogP contribution in [0.2, 0.25) is 5.02 Å². The Morgan fingerprint density at radius 2 is 1.83 bits per heavy atom. The van der Waals surface area contributed by atoms with E-state index in [2.05, 4.69) is 5.32 Å². The second-order valence-corrected chi connectivity index (χ2v) is 8.24. The third-order valence-corrected chi connectivity index (χ3v) is 5.60. The molecular weight excluding hydrogens is 514 g/mol. The average molecular weight is 528 g/mol. The van der Waals surface area contributed by atoms with Crippen LogP contribution < -0.4 is 19.9 Å². The van der Waals surface area contributed by atoms with Crippen molar-refractivity contribution in [1.82, 2.24) is 0 Å². The minimum Gasteiger partial charge on any atom is -0.493 e. The molecule has 0 saturated carbocycles. The van der Waals surface area contributed by atoms with Gasteiger partial charge >= 0.3 is 6.18 Å². The highest BCUT2D eigenvalue weighted by atomic mass is 35.5. The Kier molecular flexibility index (Phi) is 7.64. The lowest BCUT2D eigenvalue weighted by molar-refractivity contribution is -0.137. The summed E-state index contributed by atoms with van der Waals surface area (Å²) in [6.07, 6.45) is -4.87. The van der Waals surface area contributed by atoms with Crippen LogP contribution in [0, 0.1) is 17.1 Å². The molecule has 1 amide bonds. The number of alkyl halides is 3. The highest BCUT2D eigenvalue weighted by Crippen LogP contribution is 2.41. The molecule has 3 aromatic carbocycles. The number of rotatable bonds is 6. The zero-order chi connectivity index (χ0) is 25.9. The molecule has 0 aliphatic carbocycles. The summed E-state index contributed by atoms with van der Waals surface area (Å²) in [7, 11) is -0.941. The van der Waals surface area contributed by atoms with Crippen molar-refractivity contribution in [2.24, 2.45) is 5.14 Å². The van der Waals surface area contributed by atoms with Crippen LogP contribution in [0.5, 0.6) is 17.2 Å². The maximum atomic E-state index is 13.8. The number of nitrogens with one attached hydrogen (secondary N) is 1. The standard InChI is InChI=1S/C22H14ClF4N3O4S/c1-33-19-6-11(10-28)2-5-17(19)34-18-9-14(22(25,26)27)15(23)8-13(18)21(31)30-12-3-4-16(24)20(7-12)35(29)32/h2-9H,29H2,1H3,(H,30,31)/t35-/m1/s1. The van der Waals surface area contributed by atoms with Gasteiger partial charge < -0.3 is 14.8 Å². The molecule has 0 saturated heterocycles. The number of nitrogens with zero attached hydrogens (tertiary/aromatic N) is 1. The maximum absolute atomic E-state index is 13.8. The van der Waals surface area contributed by atoms with Crippen LogP contribution in [0.15, 0.2) is 53.4 Å². The third-order valence-electron chi connectivity index (χ3n) is 4.54. The number of halogens is 5. The van der Waals surface area contributed by atoms with Crippen molar-refractivity contribution in [3.8, 4) is 23.3 Å². The number of carbonyl (C=O) groups excluding carboxylic acids is 1. The highest BCUT2D eigenvalue weighted by molar-refractivity contribution is 7.82. The lowest BCUT2D eigenvalue weighted by Gasteiger charge is -2.17. The minimum atomic E-state index is -4.87. The van der Waals surface area contributed by atoms with E-state index >= 15 is 0 Å². The third kappa shape index (κ3) is 5.89. The molecule has 3 rings (SSSR count). The quantitative estimate of drug-likeness (QED) is 0.416. The number of ether oxygens (including phenoxy) is 2. The average Bonchev–Trinajstić information content (AvgIpc) is 2.80. The Morgan fingerprint density at radius 1 is 1.11 bits per heavy atom. The Morgan fingerprint density at radius 3 is 2.43 bits per heavy atom. The minimum absolute atomic E-state index is 0.0209. The molecule has 7 nitrogen and oxygen atoms in total. The van der Waals surface area contributed by atoms with Crippen LogP contribution in [-0.4, -0.2) is 17.2 Å². The first-order valence-corrected chi connectivity index (χ1v) is 11.0. The van der Waals surface area contributed by atoms with Crippen LogP contribution in [-0.2, 0) is 17.2 Å². The maximum Gasteiger partial charge on any atom is 0.417 e. The molecule has 0 aliphatic heterocycles. The molecule has 35 heavy (non-hydrogen) atoms. The van der Waals surface area contributed by atoms with Crippen LogP contribution in [0.1, 0.15) is 21.5 Å². The molecule has 13 heteroatoms. The van der Waals surface area contributed by atoms with Crippen LogP contribution >= 0.6 is 11.6 Å². The topological polar surface area (TPSA) is 114 Å². The molecule has 3 aromatic rings. The normalized spacial score (nSPS) is 11.9. The van der Waals surface area contributed by atoms with Gasteiger partial charge in [0.15, 0.2) is 11.5 Å². The van der Waals surface area contributed by atoms with Gasteiger partial charge in [-0.2, -0.15) is 18.4 Å². The number of hydrogen-bond donors (Lipinski definition) is 2. The first kappa shape index (κ1) is 26.0. The van der Waals surface area contributed by atoms with Gasteiger partial charge in [0, 0.05) is 11.8 Å². The smallest absolute Gasteiger partial charge is 0.417 e. The molecule has 0 spiro atoms. The monoisotopic (exact) mass is 527 g/mol. The van der Waals surface area contributed by atoms with Gasteiger partial charge in [0.1, 0.15) is 22.6 Å². The van der Waals surface area contributed by atoms with E-state index in [0.29, 0.717) is 6.07 Å². The van der Waals surface area contributed by atoms with Gasteiger partial charge in [-0.1, -0.05) is 11.6 Å². The lowest BCUT2D eigenvalue weighted by atomic mass is 10.1. The van der Waals surface area contributed by atoms with E-state index in [4.69, 9.17) is 31.5 Å². The molecule has 0 aromatic heterocycles. The summed E-state index contributed by atoms with van der Waals surface area (Å²) < 4.78 is 76.4. The molecule has 0 unspecified atom stereocenters. The summed E-state index contributed by atoms with van der Waals surface area (Å²) in [6.45, 7) is 0. The molecule has 0 aliphatic rings. The summed E-state index contributed by atoms with van der Waals surface area (Å²) in [5.74, 6) is -2.44. The van der Waals surface area contributed by atoms with Crippen molar-refractivity contribution in [1.29, 1.82) is 5.26 Å². The number of benzene rings is 3. The molecule has 1 atom stereocenters. The number of anilines is 1. The van der Waals surface area contributed by atoms with Gasteiger partial charge in [-0.25, -0.2) is 13.7 Å². The fourth-order valence-corrected chi connectivity index (χ4v) is 3.68. The molecule has 0 bridgehead atoms. The second-order valence-electron chi connectivity index (χ2n) is 6.80. The van der Waals surface area contributed by atoms with Crippen molar-refractivity contribution < 1.29 is 36.0 Å². The summed E-state index contributed by atoms with van der Waals surface area (Å²) in [6, 6.07) is 10.2. The molecule has 0 radical (unpaired) electrons. The van der Waals surface area contributed by atoms with Gasteiger partial charge in [0.25, 0.3) is 5.91 Å². The summed E-state index contributed by atoms with van der Waals surface area (Å²) in [5.41, 5.74) is -1.51. The summed E-state index contributed by atoms with van der Waals surface area (Å²) >= 11 is 5.80. The summed E-state index contributed by atoms with van der Waals surface area (Å²) in [4.78, 5) is 12.6. The molecule has 0 heterocycles. The molecule has 182 valence electrons. The second kappa shape index (κ2) is 10.3. The van der Waals surface area contributed by atoms with Crippen molar-refractivity contribution >= 4 is 34.2 Å². The van der Waals surface area contributed by atoms with Crippen molar-refractivity contribution in [3.05, 3.63) is 76.1 Å². The SMILES string of the molecule is COc1cc(C#N)ccc1Oc1cc(C(F)(F)F)c(Cl)cc1C(=O)Nc1ccc(F)c([S@](N)=O)c1. The van der Waals surface area contributed by atoms with Crippen molar-refractivity contribution in [2.45, 2.75) is 11.1 Å². The van der Waals surface area contributed by atoms with E-state index < -0.39 is 55.7 Å². The predicted octanol–water partition coefficient (Wildman–Crippen LogP) is 5.40. The first-order valence-electron chi connectivity index (χ1n) is 9.38. The van der Waals surface area contributed by atoms with E-state index in [1.807, 2.05) is 6.07 Å². The number of amides is 1. The predicted molar refractivity (Wildman–Crippen MR) is 119 cm³/mol. The van der Waals surface area contributed by atoms with Crippen LogP contribution in [0.3, 0.4) is 0 Å². The lowest BCUT2D eigenvalue weighted by Crippen LogP contribution is -2.16. The van der Waals surface area contributed by atoms with Gasteiger partial charge in [0.2, 0.25) is 0 Å². The fraction of sp³-hybridized carbons (Fsp3) is 0.0909. The number of nitrogens with two attached hydrogens (primary N) is 1.